The number of hydrogen-bond acceptors (Lipinski definition) is 6. The van der Waals surface area contributed by atoms with Gasteiger partial charge in [0.1, 0.15) is 12.4 Å². The molecule has 4 rings (SSSR count). The molecule has 3 aromatic carbocycles. The van der Waals surface area contributed by atoms with Gasteiger partial charge in [0.05, 0.1) is 30.3 Å². The van der Waals surface area contributed by atoms with Crippen LogP contribution in [0.1, 0.15) is 39.0 Å². The van der Waals surface area contributed by atoms with Crippen LogP contribution >= 0.6 is 0 Å². The Kier molecular flexibility index (Phi) is 8.28. The number of carbonyl (C=O) groups is 2. The molecule has 1 aromatic heterocycles. The number of carbonyl (C=O) groups excluding carboxylic acids is 2. The van der Waals surface area contributed by atoms with Gasteiger partial charge in [-0.3, -0.25) is 9.59 Å². The number of furan rings is 1. The van der Waals surface area contributed by atoms with Gasteiger partial charge in [-0.2, -0.15) is 5.10 Å². The first-order chi connectivity index (χ1) is 18.0. The van der Waals surface area contributed by atoms with E-state index in [4.69, 9.17) is 13.9 Å². The molecule has 0 saturated carbocycles. The molecule has 0 aliphatic carbocycles. The predicted molar refractivity (Wildman–Crippen MR) is 137 cm³/mol. The topological polar surface area (TPSA) is 102 Å². The highest BCUT2D eigenvalue weighted by Gasteiger charge is 2.15. The van der Waals surface area contributed by atoms with Gasteiger partial charge in [-0.25, -0.2) is 9.82 Å². The molecular formula is C28H24FN3O5. The number of benzene rings is 3. The Morgan fingerprint density at radius 1 is 0.946 bits per heavy atom. The van der Waals surface area contributed by atoms with Gasteiger partial charge in [-0.1, -0.05) is 24.3 Å². The summed E-state index contributed by atoms with van der Waals surface area (Å²) >= 11 is 0. The normalized spacial score (nSPS) is 10.8. The third kappa shape index (κ3) is 6.82. The van der Waals surface area contributed by atoms with Gasteiger partial charge >= 0.3 is 0 Å². The molecular weight excluding hydrogens is 477 g/mol. The molecule has 2 amide bonds. The van der Waals surface area contributed by atoms with Crippen LogP contribution in [-0.2, 0) is 6.61 Å². The molecule has 0 saturated heterocycles. The average Bonchev–Trinajstić information content (AvgIpc) is 3.45. The molecule has 0 aliphatic heterocycles. The number of para-hydroxylation sites is 1. The van der Waals surface area contributed by atoms with E-state index >= 15 is 0 Å². The number of hydrogen-bond donors (Lipinski definition) is 2. The number of nitrogens with zero attached hydrogens (tertiary/aromatic N) is 1. The SMILES string of the molecule is CCOc1cc(/C=N\NC(=O)c2ccccc2NC(=O)c2ccco2)ccc1OCc1ccc(F)cc1. The minimum atomic E-state index is -0.504. The van der Waals surface area contributed by atoms with Gasteiger partial charge in [-0.05, 0) is 72.6 Å². The fourth-order valence-corrected chi connectivity index (χ4v) is 3.34. The molecule has 0 fully saturated rings. The van der Waals surface area contributed by atoms with E-state index in [0.29, 0.717) is 29.4 Å². The van der Waals surface area contributed by atoms with Crippen molar-refractivity contribution in [2.24, 2.45) is 5.10 Å². The fourth-order valence-electron chi connectivity index (χ4n) is 3.34. The van der Waals surface area contributed by atoms with Crippen molar-refractivity contribution in [1.82, 2.24) is 5.43 Å². The Hall–Kier alpha value is -4.92. The van der Waals surface area contributed by atoms with Crippen molar-refractivity contribution in [2.75, 3.05) is 11.9 Å². The first kappa shape index (κ1) is 25.2. The van der Waals surface area contributed by atoms with Crippen LogP contribution in [0.5, 0.6) is 11.5 Å². The lowest BCUT2D eigenvalue weighted by atomic mass is 10.1. The van der Waals surface area contributed by atoms with E-state index in [9.17, 15) is 14.0 Å². The maximum absolute atomic E-state index is 13.1. The van der Waals surface area contributed by atoms with Gasteiger partial charge in [0.25, 0.3) is 11.8 Å². The minimum Gasteiger partial charge on any atom is -0.490 e. The minimum absolute atomic E-state index is 0.128. The second kappa shape index (κ2) is 12.2. The summed E-state index contributed by atoms with van der Waals surface area (Å²) in [5.74, 6) is -0.130. The Balaban J connectivity index is 1.40. The highest BCUT2D eigenvalue weighted by molar-refractivity contribution is 6.08. The average molecular weight is 502 g/mol. The van der Waals surface area contributed by atoms with E-state index < -0.39 is 11.8 Å². The summed E-state index contributed by atoms with van der Waals surface area (Å²) in [6.07, 6.45) is 2.86. The molecule has 2 N–H and O–H groups in total. The second-order valence-electron chi connectivity index (χ2n) is 7.73. The Morgan fingerprint density at radius 2 is 1.76 bits per heavy atom. The molecule has 0 bridgehead atoms. The van der Waals surface area contributed by atoms with Crippen LogP contribution in [0, 0.1) is 5.82 Å². The molecule has 188 valence electrons. The molecule has 0 radical (unpaired) electrons. The van der Waals surface area contributed by atoms with Crippen LogP contribution in [0.4, 0.5) is 10.1 Å². The van der Waals surface area contributed by atoms with Gasteiger partial charge < -0.3 is 19.2 Å². The van der Waals surface area contributed by atoms with Crippen molar-refractivity contribution < 1.29 is 27.9 Å². The number of amides is 2. The van der Waals surface area contributed by atoms with E-state index in [1.165, 1.54) is 30.7 Å². The van der Waals surface area contributed by atoms with Crippen LogP contribution in [0.25, 0.3) is 0 Å². The number of nitrogens with one attached hydrogen (secondary N) is 2. The van der Waals surface area contributed by atoms with Crippen molar-refractivity contribution in [3.8, 4) is 11.5 Å². The highest BCUT2D eigenvalue weighted by atomic mass is 19.1. The third-order valence-electron chi connectivity index (χ3n) is 5.12. The van der Waals surface area contributed by atoms with Gasteiger partial charge in [0.15, 0.2) is 17.3 Å². The number of rotatable bonds is 10. The third-order valence-corrected chi connectivity index (χ3v) is 5.12. The summed E-state index contributed by atoms with van der Waals surface area (Å²) in [6.45, 7) is 2.53. The molecule has 0 spiro atoms. The van der Waals surface area contributed by atoms with E-state index in [1.54, 1.807) is 60.7 Å². The largest absolute Gasteiger partial charge is 0.490 e. The Morgan fingerprint density at radius 3 is 2.51 bits per heavy atom. The van der Waals surface area contributed by atoms with E-state index in [2.05, 4.69) is 15.8 Å². The second-order valence-corrected chi connectivity index (χ2v) is 7.73. The molecule has 0 aliphatic rings. The zero-order valence-corrected chi connectivity index (χ0v) is 19.9. The lowest BCUT2D eigenvalue weighted by Crippen LogP contribution is -2.21. The molecule has 0 unspecified atom stereocenters. The highest BCUT2D eigenvalue weighted by Crippen LogP contribution is 2.29. The maximum Gasteiger partial charge on any atom is 0.291 e. The van der Waals surface area contributed by atoms with Gasteiger partial charge in [0, 0.05) is 0 Å². The molecule has 8 nitrogen and oxygen atoms in total. The van der Waals surface area contributed by atoms with E-state index in [1.807, 2.05) is 6.92 Å². The van der Waals surface area contributed by atoms with Gasteiger partial charge in [-0.15, -0.1) is 0 Å². The molecule has 1 heterocycles. The molecule has 4 aromatic rings. The predicted octanol–water partition coefficient (Wildman–Crippen LogP) is 5.41. The van der Waals surface area contributed by atoms with Crippen LogP contribution in [0.3, 0.4) is 0 Å². The summed E-state index contributed by atoms with van der Waals surface area (Å²) < 4.78 is 29.7. The molecule has 9 heteroatoms. The first-order valence-corrected chi connectivity index (χ1v) is 11.4. The van der Waals surface area contributed by atoms with Crippen molar-refractivity contribution in [3.05, 3.63) is 113 Å². The van der Waals surface area contributed by atoms with Crippen LogP contribution in [-0.4, -0.2) is 24.6 Å². The number of ether oxygens (including phenoxy) is 2. The zero-order valence-electron chi connectivity index (χ0n) is 19.9. The summed E-state index contributed by atoms with van der Waals surface area (Å²) in [7, 11) is 0. The lowest BCUT2D eigenvalue weighted by molar-refractivity contribution is 0.0956. The van der Waals surface area contributed by atoms with Gasteiger partial charge in [0.2, 0.25) is 0 Å². The van der Waals surface area contributed by atoms with E-state index in [0.717, 1.165) is 5.56 Å². The monoisotopic (exact) mass is 501 g/mol. The van der Waals surface area contributed by atoms with Crippen molar-refractivity contribution in [2.45, 2.75) is 13.5 Å². The van der Waals surface area contributed by atoms with Crippen LogP contribution in [0.2, 0.25) is 0 Å². The van der Waals surface area contributed by atoms with Crippen LogP contribution < -0.4 is 20.2 Å². The zero-order chi connectivity index (χ0) is 26.0. The van der Waals surface area contributed by atoms with Crippen molar-refractivity contribution in [3.63, 3.8) is 0 Å². The Labute approximate surface area is 212 Å². The number of halogens is 1. The summed E-state index contributed by atoms with van der Waals surface area (Å²) in [5, 5.41) is 6.69. The van der Waals surface area contributed by atoms with Crippen LogP contribution in [0.15, 0.2) is 94.6 Å². The lowest BCUT2D eigenvalue weighted by Gasteiger charge is -2.12. The number of anilines is 1. The fraction of sp³-hybridized carbons (Fsp3) is 0.107. The first-order valence-electron chi connectivity index (χ1n) is 11.4. The molecule has 37 heavy (non-hydrogen) atoms. The van der Waals surface area contributed by atoms with Crippen molar-refractivity contribution in [1.29, 1.82) is 0 Å². The van der Waals surface area contributed by atoms with E-state index in [-0.39, 0.29) is 23.7 Å². The Bertz CT molecular complexity index is 1390. The van der Waals surface area contributed by atoms with Crippen molar-refractivity contribution >= 4 is 23.7 Å². The molecule has 0 atom stereocenters. The number of hydrazone groups is 1. The standard InChI is InChI=1S/C28H24FN3O5/c1-2-35-26-16-20(11-14-24(26)37-18-19-9-12-21(29)13-10-19)17-30-32-27(33)22-6-3-4-7-23(22)31-28(34)25-8-5-15-36-25/h3-17H,2,18H2,1H3,(H,31,34)(H,32,33)/b30-17-. The summed E-state index contributed by atoms with van der Waals surface area (Å²) in [6, 6.07) is 21.0. The quantitative estimate of drug-likeness (QED) is 0.223. The maximum atomic E-state index is 13.1. The smallest absolute Gasteiger partial charge is 0.291 e. The summed E-state index contributed by atoms with van der Waals surface area (Å²) in [5.41, 5.74) is 4.50. The summed E-state index contributed by atoms with van der Waals surface area (Å²) in [4.78, 5) is 25.0.